The molecular formula is C17H22O2. The van der Waals surface area contributed by atoms with Gasteiger partial charge < -0.3 is 9.84 Å². The Balaban J connectivity index is 2.03. The zero-order chi connectivity index (χ0) is 13.7. The maximum Gasteiger partial charge on any atom is 0.120 e. The van der Waals surface area contributed by atoms with Crippen molar-refractivity contribution in [2.45, 2.75) is 45.6 Å². The number of hydrogen-bond acceptors (Lipinski definition) is 2. The summed E-state index contributed by atoms with van der Waals surface area (Å²) >= 11 is 0. The van der Waals surface area contributed by atoms with Crippen LogP contribution in [0.1, 0.15) is 43.7 Å². The highest BCUT2D eigenvalue weighted by Gasteiger charge is 2.20. The first-order valence-electron chi connectivity index (χ1n) is 7.06. The zero-order valence-corrected chi connectivity index (χ0v) is 11.8. The monoisotopic (exact) mass is 258 g/mol. The third-order valence-corrected chi connectivity index (χ3v) is 3.69. The maximum atomic E-state index is 8.72. The Morgan fingerprint density at radius 2 is 2.21 bits per heavy atom. The fourth-order valence-corrected chi connectivity index (χ4v) is 2.66. The highest BCUT2D eigenvalue weighted by atomic mass is 16.5. The number of aliphatic hydroxyl groups excluding tert-OH is 1. The molecule has 2 heteroatoms. The maximum absolute atomic E-state index is 8.72. The molecule has 1 aromatic rings. The smallest absolute Gasteiger partial charge is 0.120 e. The van der Waals surface area contributed by atoms with Crippen molar-refractivity contribution in [2.24, 2.45) is 5.92 Å². The van der Waals surface area contributed by atoms with Crippen LogP contribution in [0.3, 0.4) is 0 Å². The molecule has 2 atom stereocenters. The summed E-state index contributed by atoms with van der Waals surface area (Å²) in [7, 11) is 0. The van der Waals surface area contributed by atoms with Gasteiger partial charge in [-0.25, -0.2) is 0 Å². The van der Waals surface area contributed by atoms with E-state index in [1.807, 2.05) is 25.1 Å². The van der Waals surface area contributed by atoms with E-state index in [1.165, 1.54) is 12.8 Å². The fraction of sp³-hybridized carbons (Fsp3) is 0.529. The van der Waals surface area contributed by atoms with E-state index in [0.29, 0.717) is 6.10 Å². The molecule has 2 unspecified atom stereocenters. The molecule has 0 saturated heterocycles. The normalized spacial score (nSPS) is 22.5. The van der Waals surface area contributed by atoms with E-state index in [0.717, 1.165) is 35.6 Å². The molecule has 1 N–H and O–H groups in total. The van der Waals surface area contributed by atoms with Gasteiger partial charge in [-0.3, -0.25) is 0 Å². The Labute approximate surface area is 115 Å². The molecule has 1 fully saturated rings. The van der Waals surface area contributed by atoms with Crippen molar-refractivity contribution in [1.82, 2.24) is 0 Å². The summed E-state index contributed by atoms with van der Waals surface area (Å²) in [4.78, 5) is 0. The Morgan fingerprint density at radius 1 is 1.37 bits per heavy atom. The lowest BCUT2D eigenvalue weighted by molar-refractivity contribution is 0.129. The SMILES string of the molecule is Cc1cc(OC2CCCC(C)C2)ccc1C#CCO. The highest BCUT2D eigenvalue weighted by molar-refractivity contribution is 5.44. The predicted octanol–water partition coefficient (Wildman–Crippen LogP) is 3.30. The summed E-state index contributed by atoms with van der Waals surface area (Å²) in [5.74, 6) is 7.33. The highest BCUT2D eigenvalue weighted by Crippen LogP contribution is 2.28. The van der Waals surface area contributed by atoms with Gasteiger partial charge in [-0.05, 0) is 55.9 Å². The summed E-state index contributed by atoms with van der Waals surface area (Å²) in [6.07, 6.45) is 5.28. The number of rotatable bonds is 2. The van der Waals surface area contributed by atoms with Gasteiger partial charge >= 0.3 is 0 Å². The van der Waals surface area contributed by atoms with Gasteiger partial charge in [-0.15, -0.1) is 0 Å². The first-order chi connectivity index (χ1) is 9.19. The molecule has 2 rings (SSSR count). The molecule has 0 amide bonds. The van der Waals surface area contributed by atoms with Gasteiger partial charge in [-0.2, -0.15) is 0 Å². The van der Waals surface area contributed by atoms with Crippen molar-refractivity contribution in [3.05, 3.63) is 29.3 Å². The van der Waals surface area contributed by atoms with Gasteiger partial charge in [0.15, 0.2) is 0 Å². The van der Waals surface area contributed by atoms with Gasteiger partial charge in [0.2, 0.25) is 0 Å². The summed E-state index contributed by atoms with van der Waals surface area (Å²) in [6, 6.07) is 5.99. The van der Waals surface area contributed by atoms with Crippen LogP contribution in [0.25, 0.3) is 0 Å². The predicted molar refractivity (Wildman–Crippen MR) is 77.2 cm³/mol. The van der Waals surface area contributed by atoms with Crippen molar-refractivity contribution in [1.29, 1.82) is 0 Å². The topological polar surface area (TPSA) is 29.5 Å². The third-order valence-electron chi connectivity index (χ3n) is 3.69. The first-order valence-corrected chi connectivity index (χ1v) is 7.06. The van der Waals surface area contributed by atoms with Crippen LogP contribution in [0.15, 0.2) is 18.2 Å². The van der Waals surface area contributed by atoms with Crippen LogP contribution in [0.4, 0.5) is 0 Å². The number of hydrogen-bond donors (Lipinski definition) is 1. The summed E-state index contributed by atoms with van der Waals surface area (Å²) in [5, 5.41) is 8.72. The Hall–Kier alpha value is -1.46. The quantitative estimate of drug-likeness (QED) is 0.825. The molecule has 1 aliphatic carbocycles. The molecule has 0 bridgehead atoms. The third kappa shape index (κ3) is 4.01. The molecule has 0 aromatic heterocycles. The summed E-state index contributed by atoms with van der Waals surface area (Å²) in [6.45, 7) is 4.23. The summed E-state index contributed by atoms with van der Waals surface area (Å²) < 4.78 is 6.07. The van der Waals surface area contributed by atoms with E-state index in [9.17, 15) is 0 Å². The molecular weight excluding hydrogens is 236 g/mol. The largest absolute Gasteiger partial charge is 0.490 e. The van der Waals surface area contributed by atoms with Crippen molar-refractivity contribution in [2.75, 3.05) is 6.61 Å². The van der Waals surface area contributed by atoms with E-state index < -0.39 is 0 Å². The molecule has 1 aliphatic rings. The van der Waals surface area contributed by atoms with Gasteiger partial charge in [0.1, 0.15) is 12.4 Å². The zero-order valence-electron chi connectivity index (χ0n) is 11.8. The van der Waals surface area contributed by atoms with E-state index in [4.69, 9.17) is 9.84 Å². The van der Waals surface area contributed by atoms with Gasteiger partial charge in [0.05, 0.1) is 6.10 Å². The van der Waals surface area contributed by atoms with Crippen molar-refractivity contribution >= 4 is 0 Å². The number of benzene rings is 1. The summed E-state index contributed by atoms with van der Waals surface area (Å²) in [5.41, 5.74) is 2.06. The second-order valence-corrected chi connectivity index (χ2v) is 5.45. The minimum absolute atomic E-state index is 0.0995. The number of aryl methyl sites for hydroxylation is 1. The Morgan fingerprint density at radius 3 is 2.89 bits per heavy atom. The fourth-order valence-electron chi connectivity index (χ4n) is 2.66. The van der Waals surface area contributed by atoms with Gasteiger partial charge in [0.25, 0.3) is 0 Å². The first kappa shape index (κ1) is 14.0. The lowest BCUT2D eigenvalue weighted by atomic mass is 9.89. The minimum atomic E-state index is -0.0995. The standard InChI is InChI=1S/C17H22O2/c1-13-5-3-7-16(11-13)19-17-9-8-15(6-4-10-18)14(2)12-17/h8-9,12-13,16,18H,3,5,7,10-11H2,1-2H3. The van der Waals surface area contributed by atoms with Crippen LogP contribution in [0, 0.1) is 24.7 Å². The molecule has 0 radical (unpaired) electrons. The van der Waals surface area contributed by atoms with E-state index in [2.05, 4.69) is 18.8 Å². The van der Waals surface area contributed by atoms with Crippen LogP contribution < -0.4 is 4.74 Å². The Kier molecular flexibility index (Phi) is 4.87. The van der Waals surface area contributed by atoms with Crippen molar-refractivity contribution < 1.29 is 9.84 Å². The number of aliphatic hydroxyl groups is 1. The average Bonchev–Trinajstić information content (AvgIpc) is 2.38. The lowest BCUT2D eigenvalue weighted by Gasteiger charge is -2.27. The van der Waals surface area contributed by atoms with Gasteiger partial charge in [-0.1, -0.05) is 25.2 Å². The molecule has 0 spiro atoms. The Bertz CT molecular complexity index is 482. The molecule has 102 valence electrons. The second kappa shape index (κ2) is 6.63. The van der Waals surface area contributed by atoms with Crippen LogP contribution >= 0.6 is 0 Å². The van der Waals surface area contributed by atoms with Crippen LogP contribution in [0.5, 0.6) is 5.75 Å². The minimum Gasteiger partial charge on any atom is -0.490 e. The molecule has 1 saturated carbocycles. The van der Waals surface area contributed by atoms with Crippen LogP contribution in [0.2, 0.25) is 0 Å². The molecule has 1 aromatic carbocycles. The molecule has 2 nitrogen and oxygen atoms in total. The van der Waals surface area contributed by atoms with E-state index >= 15 is 0 Å². The molecule has 0 aliphatic heterocycles. The van der Waals surface area contributed by atoms with Crippen LogP contribution in [-0.2, 0) is 0 Å². The molecule has 19 heavy (non-hydrogen) atoms. The van der Waals surface area contributed by atoms with Crippen molar-refractivity contribution in [3.63, 3.8) is 0 Å². The second-order valence-electron chi connectivity index (χ2n) is 5.45. The molecule has 0 heterocycles. The van der Waals surface area contributed by atoms with Crippen LogP contribution in [-0.4, -0.2) is 17.8 Å². The van der Waals surface area contributed by atoms with Crippen molar-refractivity contribution in [3.8, 4) is 17.6 Å². The lowest BCUT2D eigenvalue weighted by Crippen LogP contribution is -2.24. The average molecular weight is 258 g/mol. The van der Waals surface area contributed by atoms with Gasteiger partial charge in [0, 0.05) is 5.56 Å². The van der Waals surface area contributed by atoms with E-state index in [-0.39, 0.29) is 6.61 Å². The van der Waals surface area contributed by atoms with E-state index in [1.54, 1.807) is 0 Å². The number of ether oxygens (including phenoxy) is 1.